The quantitative estimate of drug-likeness (QED) is 0.165. The summed E-state index contributed by atoms with van der Waals surface area (Å²) >= 11 is 0. The Bertz CT molecular complexity index is 2760. The van der Waals surface area contributed by atoms with Gasteiger partial charge in [0.05, 0.1) is 5.69 Å². The van der Waals surface area contributed by atoms with Crippen molar-refractivity contribution in [3.8, 4) is 22.3 Å². The Balaban J connectivity index is 1.25. The van der Waals surface area contributed by atoms with Crippen molar-refractivity contribution < 1.29 is 0 Å². The summed E-state index contributed by atoms with van der Waals surface area (Å²) in [4.78, 5) is 5.35. The molecule has 0 fully saturated rings. The van der Waals surface area contributed by atoms with Crippen LogP contribution in [0.4, 0.5) is 28.4 Å². The van der Waals surface area contributed by atoms with Crippen molar-refractivity contribution in [2.45, 2.75) is 77.6 Å². The van der Waals surface area contributed by atoms with Crippen LogP contribution in [0.5, 0.6) is 0 Å². The van der Waals surface area contributed by atoms with E-state index in [-0.39, 0.29) is 23.1 Å². The molecule has 0 saturated heterocycles. The first-order valence-corrected chi connectivity index (χ1v) is 20.2. The van der Waals surface area contributed by atoms with E-state index in [2.05, 4.69) is 192 Å². The van der Waals surface area contributed by atoms with Gasteiger partial charge in [-0.1, -0.05) is 133 Å². The van der Waals surface area contributed by atoms with Crippen LogP contribution in [0.15, 0.2) is 133 Å². The zero-order valence-corrected chi connectivity index (χ0v) is 33.1. The van der Waals surface area contributed by atoms with Gasteiger partial charge in [0, 0.05) is 33.7 Å². The van der Waals surface area contributed by atoms with E-state index in [1.807, 2.05) is 0 Å². The monoisotopic (exact) mass is 710 g/mol. The summed E-state index contributed by atoms with van der Waals surface area (Å²) in [5.74, 6) is 0. The first-order chi connectivity index (χ1) is 26.4. The molecule has 11 rings (SSSR count). The predicted molar refractivity (Wildman–Crippen MR) is 235 cm³/mol. The van der Waals surface area contributed by atoms with Gasteiger partial charge in [0.2, 0.25) is 0 Å². The van der Waals surface area contributed by atoms with E-state index in [1.165, 1.54) is 113 Å². The number of benzene rings is 7. The molecule has 0 unspecified atom stereocenters. The zero-order chi connectivity index (χ0) is 37.6. The first-order valence-electron chi connectivity index (χ1n) is 20.2. The summed E-state index contributed by atoms with van der Waals surface area (Å²) in [6, 6.07) is 51.2. The van der Waals surface area contributed by atoms with Gasteiger partial charge in [0.15, 0.2) is 0 Å². The molecule has 0 saturated carbocycles. The molecule has 0 atom stereocenters. The van der Waals surface area contributed by atoms with Crippen LogP contribution in [0.2, 0.25) is 0 Å². The SMILES string of the molecule is Cc1cc2c3c(c1)N1c4cc5ccccc5cc4C(C)(C)c4cccc(c41)B3N(c1ccc(-c3ccccc3)cc1)c1cc3c(cc1-2)C(C)(C)CCC3(C)C. The first kappa shape index (κ1) is 32.9. The van der Waals surface area contributed by atoms with Crippen molar-refractivity contribution in [3.05, 3.63) is 161 Å². The van der Waals surface area contributed by atoms with Crippen LogP contribution in [0.3, 0.4) is 0 Å². The summed E-state index contributed by atoms with van der Waals surface area (Å²) in [5.41, 5.74) is 21.6. The lowest BCUT2D eigenvalue weighted by atomic mass is 9.42. The van der Waals surface area contributed by atoms with Crippen molar-refractivity contribution in [2.75, 3.05) is 9.71 Å². The minimum atomic E-state index is -0.186. The lowest BCUT2D eigenvalue weighted by molar-refractivity contribution is 0.332. The summed E-state index contributed by atoms with van der Waals surface area (Å²) in [6.07, 6.45) is 2.38. The second-order valence-corrected chi connectivity index (χ2v) is 18.5. The van der Waals surface area contributed by atoms with E-state index in [4.69, 9.17) is 0 Å². The van der Waals surface area contributed by atoms with E-state index in [9.17, 15) is 0 Å². The predicted octanol–water partition coefficient (Wildman–Crippen LogP) is 12.5. The highest BCUT2D eigenvalue weighted by atomic mass is 15.2. The summed E-state index contributed by atoms with van der Waals surface area (Å²) in [6.45, 7) is 17.0. The van der Waals surface area contributed by atoms with Crippen LogP contribution in [-0.4, -0.2) is 6.85 Å². The molecule has 7 aromatic carbocycles. The Morgan fingerprint density at radius 3 is 1.89 bits per heavy atom. The Labute approximate surface area is 326 Å². The number of para-hydroxylation sites is 1. The third-order valence-electron chi connectivity index (χ3n) is 13.9. The van der Waals surface area contributed by atoms with Crippen LogP contribution >= 0.6 is 0 Å². The fourth-order valence-corrected chi connectivity index (χ4v) is 10.8. The number of hydrogen-bond donors (Lipinski definition) is 0. The number of anilines is 5. The molecular weight excluding hydrogens is 663 g/mol. The van der Waals surface area contributed by atoms with Gasteiger partial charge < -0.3 is 9.71 Å². The number of rotatable bonds is 2. The molecule has 4 aliphatic rings. The highest BCUT2D eigenvalue weighted by Crippen LogP contribution is 2.57. The summed E-state index contributed by atoms with van der Waals surface area (Å²) < 4.78 is 0. The van der Waals surface area contributed by atoms with Gasteiger partial charge in [-0.25, -0.2) is 0 Å². The topological polar surface area (TPSA) is 6.48 Å². The van der Waals surface area contributed by atoms with Gasteiger partial charge in [-0.2, -0.15) is 0 Å². The van der Waals surface area contributed by atoms with E-state index < -0.39 is 0 Å². The number of hydrogen-bond acceptors (Lipinski definition) is 2. The Hall–Kier alpha value is -5.54. The molecule has 1 aliphatic carbocycles. The second kappa shape index (κ2) is 11.0. The van der Waals surface area contributed by atoms with Crippen molar-refractivity contribution >= 4 is 57.0 Å². The van der Waals surface area contributed by atoms with Crippen LogP contribution in [0.25, 0.3) is 33.0 Å². The minimum absolute atomic E-state index is 0.00226. The zero-order valence-electron chi connectivity index (χ0n) is 33.1. The van der Waals surface area contributed by atoms with Gasteiger partial charge in [-0.05, 0) is 139 Å². The van der Waals surface area contributed by atoms with Crippen molar-refractivity contribution in [1.29, 1.82) is 0 Å². The van der Waals surface area contributed by atoms with Gasteiger partial charge in [-0.3, -0.25) is 0 Å². The molecule has 0 N–H and O–H groups in total. The van der Waals surface area contributed by atoms with Gasteiger partial charge in [-0.15, -0.1) is 0 Å². The number of aryl methyl sites for hydroxylation is 1. The lowest BCUT2D eigenvalue weighted by Crippen LogP contribution is -2.62. The average molecular weight is 711 g/mol. The Kier molecular flexibility index (Phi) is 6.59. The number of nitrogens with zero attached hydrogens (tertiary/aromatic N) is 2. The summed E-state index contributed by atoms with van der Waals surface area (Å²) in [5, 5.41) is 2.58. The van der Waals surface area contributed by atoms with Crippen LogP contribution in [-0.2, 0) is 16.2 Å². The van der Waals surface area contributed by atoms with E-state index >= 15 is 0 Å². The smallest absolute Gasteiger partial charge is 0.333 e. The van der Waals surface area contributed by atoms with Crippen LogP contribution in [0.1, 0.15) is 82.2 Å². The number of fused-ring (bicyclic) bond motifs is 8. The van der Waals surface area contributed by atoms with Crippen molar-refractivity contribution in [2.24, 2.45) is 0 Å². The van der Waals surface area contributed by atoms with Gasteiger partial charge >= 0.3 is 6.85 Å². The van der Waals surface area contributed by atoms with E-state index in [0.717, 1.165) is 0 Å². The maximum Gasteiger partial charge on any atom is 0.333 e. The fourth-order valence-electron chi connectivity index (χ4n) is 10.8. The molecule has 268 valence electrons. The standard InChI is InChI=1S/C52H47BN2/c1-32-26-39-38-30-41-42(51(4,5)25-24-50(41,2)3)31-45(38)55(37-22-20-34(21-23-37)33-14-9-8-10-15-33)53-44-19-13-18-40-49(44)54(47(27-32)48(39)53)46-29-36-17-12-11-16-35(36)28-43(46)52(40,6)7/h8-23,26-31H,24-25H2,1-7H3. The molecular formula is C52H47BN2. The van der Waals surface area contributed by atoms with Gasteiger partial charge in [0.1, 0.15) is 0 Å². The lowest BCUT2D eigenvalue weighted by Gasteiger charge is -2.51. The maximum absolute atomic E-state index is 2.71. The highest BCUT2D eigenvalue weighted by molar-refractivity contribution is 6.93. The molecule has 7 aromatic rings. The van der Waals surface area contributed by atoms with Crippen molar-refractivity contribution in [3.63, 3.8) is 0 Å². The largest absolute Gasteiger partial charge is 0.376 e. The fraction of sp³-hybridized carbons (Fsp3) is 0.231. The molecule has 0 bridgehead atoms. The third kappa shape index (κ3) is 4.50. The maximum atomic E-state index is 2.71. The van der Waals surface area contributed by atoms with E-state index in [1.54, 1.807) is 0 Å². The average Bonchev–Trinajstić information content (AvgIpc) is 3.18. The van der Waals surface area contributed by atoms with Gasteiger partial charge in [0.25, 0.3) is 0 Å². The molecule has 3 heteroatoms. The highest BCUT2D eigenvalue weighted by Gasteiger charge is 2.50. The molecule has 3 aliphatic heterocycles. The minimum Gasteiger partial charge on any atom is -0.376 e. The normalized spacial score (nSPS) is 17.5. The molecule has 0 radical (unpaired) electrons. The molecule has 0 aromatic heterocycles. The molecule has 3 heterocycles. The molecule has 2 nitrogen and oxygen atoms in total. The Morgan fingerprint density at radius 2 is 1.16 bits per heavy atom. The van der Waals surface area contributed by atoms with Crippen molar-refractivity contribution in [1.82, 2.24) is 0 Å². The molecule has 0 spiro atoms. The van der Waals surface area contributed by atoms with Crippen LogP contribution in [0, 0.1) is 6.92 Å². The molecule has 0 amide bonds. The van der Waals surface area contributed by atoms with E-state index in [0.29, 0.717) is 0 Å². The molecule has 55 heavy (non-hydrogen) atoms. The third-order valence-corrected chi connectivity index (χ3v) is 13.9. The van der Waals surface area contributed by atoms with Crippen LogP contribution < -0.4 is 20.6 Å². The Morgan fingerprint density at radius 1 is 0.509 bits per heavy atom. The second-order valence-electron chi connectivity index (χ2n) is 18.5. The summed E-state index contributed by atoms with van der Waals surface area (Å²) in [7, 11) is 0.